The van der Waals surface area contributed by atoms with Crippen LogP contribution in [-0.4, -0.2) is 36.1 Å². The second kappa shape index (κ2) is 7.38. The van der Waals surface area contributed by atoms with E-state index < -0.39 is 16.1 Å². The lowest BCUT2D eigenvalue weighted by atomic mass is 9.82. The number of aromatic amines is 1. The number of aryl methyl sites for hydroxylation is 1. The lowest BCUT2D eigenvalue weighted by molar-refractivity contribution is 0.111. The third-order valence-corrected chi connectivity index (χ3v) is 4.81. The van der Waals surface area contributed by atoms with E-state index >= 15 is 0 Å². The molecule has 0 spiro atoms. The highest BCUT2D eigenvalue weighted by Crippen LogP contribution is 2.28. The number of aromatic nitrogens is 2. The fourth-order valence-corrected chi connectivity index (χ4v) is 3.33. The molecule has 0 aromatic carbocycles. The number of unbranched alkanes of at least 4 members (excludes halogenated alkanes) is 1. The van der Waals surface area contributed by atoms with Gasteiger partial charge in [0, 0.05) is 6.54 Å². The molecule has 3 N–H and O–H groups in total. The van der Waals surface area contributed by atoms with Crippen molar-refractivity contribution >= 4 is 10.0 Å². The van der Waals surface area contributed by atoms with E-state index in [0.29, 0.717) is 12.2 Å². The first-order chi connectivity index (χ1) is 9.66. The molecule has 0 aliphatic heterocycles. The maximum absolute atomic E-state index is 12.0. The van der Waals surface area contributed by atoms with Crippen LogP contribution in [0.15, 0.2) is 11.2 Å². The molecule has 7 heteroatoms. The van der Waals surface area contributed by atoms with Crippen LogP contribution in [0.25, 0.3) is 0 Å². The van der Waals surface area contributed by atoms with Gasteiger partial charge in [0.25, 0.3) is 10.0 Å². The Hall–Kier alpha value is -0.920. The van der Waals surface area contributed by atoms with Crippen molar-refractivity contribution in [3.05, 3.63) is 12.0 Å². The van der Waals surface area contributed by atoms with Crippen molar-refractivity contribution in [3.63, 3.8) is 0 Å². The number of aliphatic hydroxyl groups excluding tert-OH is 1. The number of hydrogen-bond acceptors (Lipinski definition) is 4. The van der Waals surface area contributed by atoms with Crippen LogP contribution in [-0.2, 0) is 10.0 Å². The third kappa shape index (κ3) is 6.15. The first-order valence-corrected chi connectivity index (χ1v) is 8.84. The highest BCUT2D eigenvalue weighted by molar-refractivity contribution is 7.89. The van der Waals surface area contributed by atoms with Crippen molar-refractivity contribution in [1.29, 1.82) is 0 Å². The largest absolute Gasteiger partial charge is 0.392 e. The zero-order valence-corrected chi connectivity index (χ0v) is 14.1. The SMILES string of the molecule is CCCCC(C)(C)CC(O)CNS(=O)(=O)c1cnc(C)[nH]1. The zero-order valence-electron chi connectivity index (χ0n) is 13.3. The molecule has 1 aromatic rings. The van der Waals surface area contributed by atoms with Gasteiger partial charge < -0.3 is 10.1 Å². The molecule has 0 saturated heterocycles. The first-order valence-electron chi connectivity index (χ1n) is 7.35. The van der Waals surface area contributed by atoms with Gasteiger partial charge in [-0.15, -0.1) is 0 Å². The highest BCUT2D eigenvalue weighted by atomic mass is 32.2. The van der Waals surface area contributed by atoms with Gasteiger partial charge in [0.05, 0.1) is 12.3 Å². The molecule has 0 fully saturated rings. The van der Waals surface area contributed by atoms with Gasteiger partial charge in [-0.05, 0) is 25.2 Å². The summed E-state index contributed by atoms with van der Waals surface area (Å²) in [5.74, 6) is 0.539. The maximum Gasteiger partial charge on any atom is 0.257 e. The number of sulfonamides is 1. The number of nitrogens with one attached hydrogen (secondary N) is 2. The highest BCUT2D eigenvalue weighted by Gasteiger charge is 2.24. The molecule has 1 rings (SSSR count). The summed E-state index contributed by atoms with van der Waals surface area (Å²) in [7, 11) is -3.64. The Labute approximate surface area is 127 Å². The fourth-order valence-electron chi connectivity index (χ4n) is 2.29. The van der Waals surface area contributed by atoms with Crippen LogP contribution < -0.4 is 4.72 Å². The quantitative estimate of drug-likeness (QED) is 0.649. The summed E-state index contributed by atoms with van der Waals surface area (Å²) in [5, 5.41) is 10.1. The topological polar surface area (TPSA) is 95.1 Å². The van der Waals surface area contributed by atoms with E-state index in [4.69, 9.17) is 0 Å². The molecule has 1 unspecified atom stereocenters. The predicted octanol–water partition coefficient (Wildman–Crippen LogP) is 1.96. The lowest BCUT2D eigenvalue weighted by Gasteiger charge is -2.27. The van der Waals surface area contributed by atoms with Crippen LogP contribution in [0.4, 0.5) is 0 Å². The summed E-state index contributed by atoms with van der Waals surface area (Å²) in [6.45, 7) is 8.02. The minimum atomic E-state index is -3.64. The van der Waals surface area contributed by atoms with Crippen LogP contribution in [0.2, 0.25) is 0 Å². The predicted molar refractivity (Wildman–Crippen MR) is 82.4 cm³/mol. The molecule has 0 amide bonds. The van der Waals surface area contributed by atoms with Gasteiger partial charge in [0.2, 0.25) is 0 Å². The molecule has 0 radical (unpaired) electrons. The molecule has 122 valence electrons. The van der Waals surface area contributed by atoms with E-state index in [1.165, 1.54) is 6.20 Å². The maximum atomic E-state index is 12.0. The molecule has 1 aromatic heterocycles. The zero-order chi connectivity index (χ0) is 16.1. The molecular weight excluding hydrogens is 290 g/mol. The molecule has 0 aliphatic rings. The summed E-state index contributed by atoms with van der Waals surface area (Å²) in [6.07, 6.45) is 4.39. The lowest BCUT2D eigenvalue weighted by Crippen LogP contribution is -2.34. The molecule has 1 heterocycles. The third-order valence-electron chi connectivity index (χ3n) is 3.47. The van der Waals surface area contributed by atoms with Gasteiger partial charge in [-0.2, -0.15) is 0 Å². The minimum absolute atomic E-state index is 0.00540. The van der Waals surface area contributed by atoms with E-state index in [2.05, 4.69) is 35.5 Å². The number of imidazole rings is 1. The van der Waals surface area contributed by atoms with Crippen LogP contribution in [0.1, 0.15) is 52.3 Å². The van der Waals surface area contributed by atoms with Crippen molar-refractivity contribution in [2.24, 2.45) is 5.41 Å². The van der Waals surface area contributed by atoms with Gasteiger partial charge in [-0.3, -0.25) is 0 Å². The van der Waals surface area contributed by atoms with E-state index in [1.807, 2.05) is 0 Å². The van der Waals surface area contributed by atoms with Gasteiger partial charge in [-0.25, -0.2) is 18.1 Å². The number of H-pyrrole nitrogens is 1. The second-order valence-corrected chi connectivity index (χ2v) is 8.05. The number of rotatable bonds is 9. The molecular formula is C14H27N3O3S. The van der Waals surface area contributed by atoms with Crippen molar-refractivity contribution in [2.45, 2.75) is 64.5 Å². The minimum Gasteiger partial charge on any atom is -0.392 e. The second-order valence-electron chi connectivity index (χ2n) is 6.31. The van der Waals surface area contributed by atoms with Crippen LogP contribution in [0, 0.1) is 12.3 Å². The van der Waals surface area contributed by atoms with Crippen molar-refractivity contribution in [1.82, 2.24) is 14.7 Å². The molecule has 6 nitrogen and oxygen atoms in total. The number of nitrogens with zero attached hydrogens (tertiary/aromatic N) is 1. The summed E-state index contributed by atoms with van der Waals surface area (Å²) < 4.78 is 26.4. The van der Waals surface area contributed by atoms with Gasteiger partial charge >= 0.3 is 0 Å². The fraction of sp³-hybridized carbons (Fsp3) is 0.786. The molecule has 21 heavy (non-hydrogen) atoms. The standard InChI is InChI=1S/C14H27N3O3S/c1-5-6-7-14(3,4)8-12(18)9-16-21(19,20)13-10-15-11(2)17-13/h10,12,16,18H,5-9H2,1-4H3,(H,15,17). The van der Waals surface area contributed by atoms with Crippen molar-refractivity contribution in [3.8, 4) is 0 Å². The van der Waals surface area contributed by atoms with Crippen LogP contribution in [0.5, 0.6) is 0 Å². The van der Waals surface area contributed by atoms with E-state index in [9.17, 15) is 13.5 Å². The average Bonchev–Trinajstić information content (AvgIpc) is 2.81. The monoisotopic (exact) mass is 317 g/mol. The summed E-state index contributed by atoms with van der Waals surface area (Å²) in [4.78, 5) is 6.54. The van der Waals surface area contributed by atoms with Gasteiger partial charge in [0.1, 0.15) is 5.82 Å². The van der Waals surface area contributed by atoms with Crippen LogP contribution in [0.3, 0.4) is 0 Å². The van der Waals surface area contributed by atoms with Gasteiger partial charge in [-0.1, -0.05) is 33.6 Å². The Morgan fingerprint density at radius 1 is 1.48 bits per heavy atom. The molecule has 0 aliphatic carbocycles. The molecule has 1 atom stereocenters. The first kappa shape index (κ1) is 18.1. The molecule has 0 bridgehead atoms. The summed E-state index contributed by atoms with van der Waals surface area (Å²) >= 11 is 0. The summed E-state index contributed by atoms with van der Waals surface area (Å²) in [6, 6.07) is 0. The average molecular weight is 317 g/mol. The Balaban J connectivity index is 2.51. The van der Waals surface area contributed by atoms with E-state index in [1.54, 1.807) is 6.92 Å². The Morgan fingerprint density at radius 2 is 2.14 bits per heavy atom. The smallest absolute Gasteiger partial charge is 0.257 e. The Bertz CT molecular complexity index is 537. The van der Waals surface area contributed by atoms with Crippen molar-refractivity contribution in [2.75, 3.05) is 6.54 Å². The summed E-state index contributed by atoms with van der Waals surface area (Å²) in [5.41, 5.74) is 0.00540. The number of hydrogen-bond donors (Lipinski definition) is 3. The Kier molecular flexibility index (Phi) is 6.37. The Morgan fingerprint density at radius 3 is 2.67 bits per heavy atom. The number of aliphatic hydroxyl groups is 1. The molecule has 0 saturated carbocycles. The van der Waals surface area contributed by atoms with Gasteiger partial charge in [0.15, 0.2) is 5.03 Å². The van der Waals surface area contributed by atoms with E-state index in [-0.39, 0.29) is 17.0 Å². The van der Waals surface area contributed by atoms with Crippen molar-refractivity contribution < 1.29 is 13.5 Å². The van der Waals surface area contributed by atoms with Crippen LogP contribution >= 0.6 is 0 Å². The van der Waals surface area contributed by atoms with E-state index in [0.717, 1.165) is 19.3 Å². The normalized spacial score (nSPS) is 14.3.